The molecule has 0 unspecified atom stereocenters. The summed E-state index contributed by atoms with van der Waals surface area (Å²) < 4.78 is 31.7. The number of alkyl halides is 3. The van der Waals surface area contributed by atoms with Gasteiger partial charge in [-0.2, -0.15) is 13.2 Å². The molecule has 4 heterocycles. The summed E-state index contributed by atoms with van der Waals surface area (Å²) in [5, 5.41) is 23.7. The Bertz CT molecular complexity index is 1230. The van der Waals surface area contributed by atoms with Gasteiger partial charge < -0.3 is 15.7 Å². The second-order valence-corrected chi connectivity index (χ2v) is 7.68. The molecule has 4 aromatic rings. The van der Waals surface area contributed by atoms with Crippen LogP contribution in [-0.4, -0.2) is 47.4 Å². The largest absolute Gasteiger partial charge is 0.490 e. The van der Waals surface area contributed by atoms with Gasteiger partial charge in [0, 0.05) is 18.3 Å². The third kappa shape index (κ3) is 6.52. The van der Waals surface area contributed by atoms with Gasteiger partial charge in [0.1, 0.15) is 28.5 Å². The van der Waals surface area contributed by atoms with Crippen molar-refractivity contribution in [3.05, 3.63) is 48.0 Å². The Labute approximate surface area is 189 Å². The normalized spacial score (nSPS) is 11.1. The number of pyridine rings is 2. The maximum atomic E-state index is 10.6. The minimum absolute atomic E-state index is 0.348. The number of nitrogens with zero attached hydrogens (tertiary/aromatic N) is 6. The van der Waals surface area contributed by atoms with Crippen LogP contribution in [0.2, 0.25) is 0 Å². The number of aliphatic carboxylic acids is 1. The smallest absolute Gasteiger partial charge is 0.475 e. The van der Waals surface area contributed by atoms with Crippen LogP contribution in [0, 0.1) is 0 Å². The fourth-order valence-corrected chi connectivity index (χ4v) is 3.08. The van der Waals surface area contributed by atoms with Crippen molar-refractivity contribution in [2.24, 2.45) is 0 Å². The number of carboxylic acids is 1. The van der Waals surface area contributed by atoms with E-state index in [2.05, 4.69) is 54.6 Å². The Kier molecular flexibility index (Phi) is 7.27. The monoisotopic (exact) mass is 478 g/mol. The van der Waals surface area contributed by atoms with Gasteiger partial charge in [-0.15, -0.1) is 10.2 Å². The molecule has 0 spiro atoms. The van der Waals surface area contributed by atoms with E-state index < -0.39 is 12.1 Å². The molecule has 4 aromatic heterocycles. The van der Waals surface area contributed by atoms with Gasteiger partial charge in [0.05, 0.1) is 11.2 Å². The summed E-state index contributed by atoms with van der Waals surface area (Å²) in [5.74, 6) is -1.03. The second kappa shape index (κ2) is 10.1. The summed E-state index contributed by atoms with van der Waals surface area (Å²) >= 11 is 1.53. The molecule has 0 amide bonds. The molecule has 0 saturated carbocycles. The topological polar surface area (TPSA) is 139 Å². The van der Waals surface area contributed by atoms with Crippen LogP contribution in [0.1, 0.15) is 24.8 Å². The molecule has 4 rings (SSSR count). The highest BCUT2D eigenvalue weighted by atomic mass is 32.1. The third-order valence-electron chi connectivity index (χ3n) is 3.84. The van der Waals surface area contributed by atoms with Crippen LogP contribution in [0.15, 0.2) is 43.0 Å². The SMILES string of the molecule is CC(C)c1nnc(Nc2ccc3nccc(Nc4ccncn4)c3n2)s1.O=C(O)C(F)(F)F. The lowest BCUT2D eigenvalue weighted by molar-refractivity contribution is -0.192. The van der Waals surface area contributed by atoms with Crippen LogP contribution < -0.4 is 10.6 Å². The van der Waals surface area contributed by atoms with Crippen LogP contribution >= 0.6 is 11.3 Å². The molecule has 33 heavy (non-hydrogen) atoms. The number of hydrogen-bond donors (Lipinski definition) is 3. The highest BCUT2D eigenvalue weighted by molar-refractivity contribution is 7.15. The van der Waals surface area contributed by atoms with Gasteiger partial charge in [-0.25, -0.2) is 19.7 Å². The van der Waals surface area contributed by atoms with Crippen molar-refractivity contribution in [3.63, 3.8) is 0 Å². The number of anilines is 4. The molecule has 172 valence electrons. The average Bonchev–Trinajstić information content (AvgIpc) is 3.24. The zero-order valence-electron chi connectivity index (χ0n) is 17.2. The van der Waals surface area contributed by atoms with Crippen LogP contribution in [0.3, 0.4) is 0 Å². The number of hydrogen-bond acceptors (Lipinski definition) is 10. The van der Waals surface area contributed by atoms with E-state index in [9.17, 15) is 13.2 Å². The molecule has 3 N–H and O–H groups in total. The van der Waals surface area contributed by atoms with Gasteiger partial charge >= 0.3 is 12.1 Å². The van der Waals surface area contributed by atoms with Crippen molar-refractivity contribution in [2.75, 3.05) is 10.6 Å². The summed E-state index contributed by atoms with van der Waals surface area (Å²) in [5.41, 5.74) is 2.34. The zero-order chi connectivity index (χ0) is 24.0. The van der Waals surface area contributed by atoms with Gasteiger partial charge in [-0.05, 0) is 24.3 Å². The highest BCUT2D eigenvalue weighted by Crippen LogP contribution is 2.27. The Morgan fingerprint density at radius 3 is 2.39 bits per heavy atom. The molecule has 0 fully saturated rings. The summed E-state index contributed by atoms with van der Waals surface area (Å²) in [6.45, 7) is 4.19. The van der Waals surface area contributed by atoms with Crippen molar-refractivity contribution < 1.29 is 23.1 Å². The lowest BCUT2D eigenvalue weighted by Gasteiger charge is -2.09. The molecular formula is C19H17F3N8O2S. The van der Waals surface area contributed by atoms with E-state index in [4.69, 9.17) is 9.90 Å². The van der Waals surface area contributed by atoms with E-state index in [1.165, 1.54) is 17.7 Å². The van der Waals surface area contributed by atoms with Gasteiger partial charge in [0.25, 0.3) is 0 Å². The number of carboxylic acid groups (broad SMARTS) is 1. The number of aromatic nitrogens is 6. The predicted octanol–water partition coefficient (Wildman–Crippen LogP) is 4.52. The first-order valence-corrected chi connectivity index (χ1v) is 10.1. The summed E-state index contributed by atoms with van der Waals surface area (Å²) in [4.78, 5) is 26.1. The van der Waals surface area contributed by atoms with E-state index in [0.29, 0.717) is 17.6 Å². The molecule has 0 aliphatic carbocycles. The molecule has 10 nitrogen and oxygen atoms in total. The molecule has 0 atom stereocenters. The fraction of sp³-hybridized carbons (Fsp3) is 0.211. The second-order valence-electron chi connectivity index (χ2n) is 6.67. The minimum atomic E-state index is -5.08. The maximum Gasteiger partial charge on any atom is 0.490 e. The number of fused-ring (bicyclic) bond motifs is 1. The van der Waals surface area contributed by atoms with Gasteiger partial charge in [0.2, 0.25) is 5.13 Å². The molecule has 0 radical (unpaired) electrons. The average molecular weight is 478 g/mol. The lowest BCUT2D eigenvalue weighted by Crippen LogP contribution is -2.21. The molecule has 0 bridgehead atoms. The number of halogens is 3. The van der Waals surface area contributed by atoms with E-state index >= 15 is 0 Å². The standard InChI is InChI=1S/C17H16N8S.C2HF3O2/c1-10(2)16-24-25-17(26-16)23-14-4-3-11-15(22-14)12(5-8-19-11)21-13-6-7-18-9-20-13;3-2(4,5)1(6)7/h3-10H,1-2H3,(H,22,23,25)(H,18,19,20,21);(H,6,7). The number of carbonyl (C=O) groups is 1. The molecule has 0 aliphatic heterocycles. The van der Waals surface area contributed by atoms with E-state index in [1.807, 2.05) is 18.2 Å². The van der Waals surface area contributed by atoms with E-state index in [-0.39, 0.29) is 0 Å². The van der Waals surface area contributed by atoms with Crippen LogP contribution in [-0.2, 0) is 4.79 Å². The molecule has 14 heteroatoms. The first-order valence-electron chi connectivity index (χ1n) is 9.33. The minimum Gasteiger partial charge on any atom is -0.475 e. The Morgan fingerprint density at radius 2 is 1.79 bits per heavy atom. The first kappa shape index (κ1) is 23.7. The van der Waals surface area contributed by atoms with Crippen LogP contribution in [0.25, 0.3) is 11.0 Å². The zero-order valence-corrected chi connectivity index (χ0v) is 18.0. The number of nitrogens with one attached hydrogen (secondary N) is 2. The van der Waals surface area contributed by atoms with Crippen molar-refractivity contribution in [1.29, 1.82) is 0 Å². The summed E-state index contributed by atoms with van der Waals surface area (Å²) in [6, 6.07) is 7.45. The van der Waals surface area contributed by atoms with Gasteiger partial charge in [-0.3, -0.25) is 4.98 Å². The summed E-state index contributed by atoms with van der Waals surface area (Å²) in [6.07, 6.45) is -0.172. The van der Waals surface area contributed by atoms with Crippen LogP contribution in [0.4, 0.5) is 35.6 Å². The first-order chi connectivity index (χ1) is 15.6. The van der Waals surface area contributed by atoms with E-state index in [1.54, 1.807) is 18.5 Å². The predicted molar refractivity (Wildman–Crippen MR) is 116 cm³/mol. The van der Waals surface area contributed by atoms with Crippen molar-refractivity contribution >= 4 is 50.8 Å². The maximum absolute atomic E-state index is 10.6. The molecule has 0 aromatic carbocycles. The fourth-order valence-electron chi connectivity index (χ4n) is 2.33. The molecule has 0 aliphatic rings. The van der Waals surface area contributed by atoms with E-state index in [0.717, 1.165) is 26.9 Å². The van der Waals surface area contributed by atoms with Crippen LogP contribution in [0.5, 0.6) is 0 Å². The van der Waals surface area contributed by atoms with Crippen molar-refractivity contribution in [1.82, 2.24) is 30.1 Å². The van der Waals surface area contributed by atoms with Crippen molar-refractivity contribution in [3.8, 4) is 0 Å². The molecule has 0 saturated heterocycles. The highest BCUT2D eigenvalue weighted by Gasteiger charge is 2.38. The lowest BCUT2D eigenvalue weighted by atomic mass is 10.2. The third-order valence-corrected chi connectivity index (χ3v) is 4.98. The Hall–Kier alpha value is -3.94. The Morgan fingerprint density at radius 1 is 1.03 bits per heavy atom. The van der Waals surface area contributed by atoms with Gasteiger partial charge in [0.15, 0.2) is 0 Å². The van der Waals surface area contributed by atoms with Crippen molar-refractivity contribution in [2.45, 2.75) is 25.9 Å². The number of rotatable bonds is 5. The van der Waals surface area contributed by atoms with Gasteiger partial charge in [-0.1, -0.05) is 25.2 Å². The Balaban J connectivity index is 0.000000383. The molecular weight excluding hydrogens is 461 g/mol. The quantitative estimate of drug-likeness (QED) is 0.375. The summed E-state index contributed by atoms with van der Waals surface area (Å²) in [7, 11) is 0.